The van der Waals surface area contributed by atoms with E-state index in [2.05, 4.69) is 10.6 Å². The van der Waals surface area contributed by atoms with Crippen molar-refractivity contribution in [2.75, 3.05) is 18.4 Å². The molecule has 1 atom stereocenters. The smallest absolute Gasteiger partial charge is 0.228 e. The maximum Gasteiger partial charge on any atom is 0.228 e. The first-order valence-corrected chi connectivity index (χ1v) is 5.06. The summed E-state index contributed by atoms with van der Waals surface area (Å²) in [5, 5.41) is 15.0. The Kier molecular flexibility index (Phi) is 4.58. The molecule has 4 nitrogen and oxygen atoms in total. The Morgan fingerprint density at radius 2 is 2.06 bits per heavy atom. The molecule has 1 aromatic carbocycles. The fourth-order valence-electron chi connectivity index (χ4n) is 1.67. The van der Waals surface area contributed by atoms with E-state index in [1.807, 2.05) is 0 Å². The molecule has 1 heterocycles. The van der Waals surface area contributed by atoms with Crippen molar-refractivity contribution < 1.29 is 9.90 Å². The number of hydrogen-bond donors (Lipinski definition) is 3. The monoisotopic (exact) mass is 242 g/mol. The van der Waals surface area contributed by atoms with E-state index in [4.69, 9.17) is 5.11 Å². The third-order valence-corrected chi connectivity index (χ3v) is 2.57. The van der Waals surface area contributed by atoms with Crippen molar-refractivity contribution in [2.45, 2.75) is 6.42 Å². The van der Waals surface area contributed by atoms with Gasteiger partial charge in [-0.1, -0.05) is 0 Å². The summed E-state index contributed by atoms with van der Waals surface area (Å²) in [5.74, 6) is 0.319. The van der Waals surface area contributed by atoms with Gasteiger partial charge in [-0.2, -0.15) is 0 Å². The standard InChI is InChI=1S/C11H14N2O2.ClH/c14-10-3-1-9(2-4-10)13-11(15)8-5-6-12-7-8;/h1-4,8,12,14H,5-7H2,(H,13,15);1H/t8-;/m0./s1. The molecule has 0 radical (unpaired) electrons. The molecule has 0 spiro atoms. The number of halogens is 1. The quantitative estimate of drug-likeness (QED) is 0.687. The van der Waals surface area contributed by atoms with E-state index in [0.717, 1.165) is 25.2 Å². The van der Waals surface area contributed by atoms with Gasteiger partial charge in [0.15, 0.2) is 0 Å². The number of hydrogen-bond acceptors (Lipinski definition) is 3. The lowest BCUT2D eigenvalue weighted by Gasteiger charge is -2.09. The highest BCUT2D eigenvalue weighted by atomic mass is 35.5. The summed E-state index contributed by atoms with van der Waals surface area (Å²) in [6.45, 7) is 1.66. The van der Waals surface area contributed by atoms with Crippen LogP contribution in [0.15, 0.2) is 24.3 Å². The number of phenolic OH excluding ortho intramolecular Hbond substituents is 1. The van der Waals surface area contributed by atoms with Crippen LogP contribution in [0.5, 0.6) is 5.75 Å². The second-order valence-electron chi connectivity index (χ2n) is 3.73. The number of nitrogens with one attached hydrogen (secondary N) is 2. The van der Waals surface area contributed by atoms with E-state index < -0.39 is 0 Å². The van der Waals surface area contributed by atoms with Gasteiger partial charge in [0.05, 0.1) is 5.92 Å². The first-order chi connectivity index (χ1) is 7.25. The fraction of sp³-hybridized carbons (Fsp3) is 0.364. The summed E-state index contributed by atoms with van der Waals surface area (Å²) in [6.07, 6.45) is 0.893. The normalized spacial score (nSPS) is 18.9. The summed E-state index contributed by atoms with van der Waals surface area (Å²) in [7, 11) is 0. The number of carbonyl (C=O) groups is 1. The summed E-state index contributed by atoms with van der Waals surface area (Å²) in [5.41, 5.74) is 0.727. The minimum Gasteiger partial charge on any atom is -0.508 e. The predicted molar refractivity (Wildman–Crippen MR) is 65.0 cm³/mol. The molecule has 0 unspecified atom stereocenters. The zero-order valence-corrected chi connectivity index (χ0v) is 9.59. The first kappa shape index (κ1) is 12.8. The molecule has 1 aliphatic rings. The molecule has 3 N–H and O–H groups in total. The van der Waals surface area contributed by atoms with Gasteiger partial charge in [-0.05, 0) is 37.2 Å². The molecule has 0 aliphatic carbocycles. The lowest BCUT2D eigenvalue weighted by atomic mass is 10.1. The minimum absolute atomic E-state index is 0. The first-order valence-electron chi connectivity index (χ1n) is 5.06. The SMILES string of the molecule is Cl.O=C(Nc1ccc(O)cc1)[C@H]1CCNC1. The molecule has 1 amide bonds. The van der Waals surface area contributed by atoms with Crippen LogP contribution in [0.3, 0.4) is 0 Å². The predicted octanol–water partition coefficient (Wildman–Crippen LogP) is 1.36. The molecule has 1 aromatic rings. The van der Waals surface area contributed by atoms with Crippen LogP contribution in [0.2, 0.25) is 0 Å². The molecule has 0 bridgehead atoms. The second kappa shape index (κ2) is 5.72. The van der Waals surface area contributed by atoms with E-state index >= 15 is 0 Å². The Hall–Kier alpha value is -1.26. The molecule has 88 valence electrons. The lowest BCUT2D eigenvalue weighted by Crippen LogP contribution is -2.24. The number of amides is 1. The Morgan fingerprint density at radius 3 is 2.62 bits per heavy atom. The molecule has 1 fully saturated rings. The third kappa shape index (κ3) is 3.12. The molecule has 1 aliphatic heterocycles. The van der Waals surface area contributed by atoms with Gasteiger partial charge in [-0.3, -0.25) is 4.79 Å². The number of anilines is 1. The van der Waals surface area contributed by atoms with Crippen LogP contribution in [-0.4, -0.2) is 24.1 Å². The van der Waals surface area contributed by atoms with Crippen molar-refractivity contribution in [3.05, 3.63) is 24.3 Å². The zero-order chi connectivity index (χ0) is 10.7. The van der Waals surface area contributed by atoms with Crippen LogP contribution in [-0.2, 0) is 4.79 Å². The molecular weight excluding hydrogens is 228 g/mol. The van der Waals surface area contributed by atoms with Crippen molar-refractivity contribution in [1.82, 2.24) is 5.32 Å². The van der Waals surface area contributed by atoms with Gasteiger partial charge in [0.1, 0.15) is 5.75 Å². The minimum atomic E-state index is 0. The Balaban J connectivity index is 0.00000128. The van der Waals surface area contributed by atoms with Crippen LogP contribution in [0.1, 0.15) is 6.42 Å². The summed E-state index contributed by atoms with van der Waals surface area (Å²) < 4.78 is 0. The van der Waals surface area contributed by atoms with Crippen molar-refractivity contribution in [3.63, 3.8) is 0 Å². The largest absolute Gasteiger partial charge is 0.508 e. The number of rotatable bonds is 2. The van der Waals surface area contributed by atoms with Crippen molar-refractivity contribution >= 4 is 24.0 Å². The van der Waals surface area contributed by atoms with Gasteiger partial charge in [-0.15, -0.1) is 12.4 Å². The number of phenols is 1. The van der Waals surface area contributed by atoms with Gasteiger partial charge >= 0.3 is 0 Å². The molecule has 0 aromatic heterocycles. The van der Waals surface area contributed by atoms with Crippen LogP contribution in [0, 0.1) is 5.92 Å². The molecular formula is C11H15ClN2O2. The highest BCUT2D eigenvalue weighted by molar-refractivity contribution is 5.92. The van der Waals surface area contributed by atoms with E-state index in [1.165, 1.54) is 0 Å². The Bertz CT molecular complexity index is 348. The van der Waals surface area contributed by atoms with E-state index in [9.17, 15) is 4.79 Å². The summed E-state index contributed by atoms with van der Waals surface area (Å²) >= 11 is 0. The van der Waals surface area contributed by atoms with Gasteiger partial charge in [0.2, 0.25) is 5.91 Å². The highest BCUT2D eigenvalue weighted by Crippen LogP contribution is 2.16. The van der Waals surface area contributed by atoms with Gasteiger partial charge in [0.25, 0.3) is 0 Å². The van der Waals surface area contributed by atoms with Crippen LogP contribution in [0.25, 0.3) is 0 Å². The van der Waals surface area contributed by atoms with Gasteiger partial charge < -0.3 is 15.7 Å². The number of aromatic hydroxyl groups is 1. The Morgan fingerprint density at radius 1 is 1.38 bits per heavy atom. The lowest BCUT2D eigenvalue weighted by molar-refractivity contribution is -0.119. The van der Waals surface area contributed by atoms with Crippen LogP contribution < -0.4 is 10.6 Å². The second-order valence-corrected chi connectivity index (χ2v) is 3.73. The maximum absolute atomic E-state index is 11.7. The van der Waals surface area contributed by atoms with Crippen molar-refractivity contribution in [2.24, 2.45) is 5.92 Å². The van der Waals surface area contributed by atoms with Crippen LogP contribution >= 0.6 is 12.4 Å². The zero-order valence-electron chi connectivity index (χ0n) is 8.77. The highest BCUT2D eigenvalue weighted by Gasteiger charge is 2.22. The number of benzene rings is 1. The molecule has 16 heavy (non-hydrogen) atoms. The molecule has 1 saturated heterocycles. The van der Waals surface area contributed by atoms with Gasteiger partial charge in [-0.25, -0.2) is 0 Å². The van der Waals surface area contributed by atoms with Crippen molar-refractivity contribution in [1.29, 1.82) is 0 Å². The molecule has 0 saturated carbocycles. The average molecular weight is 243 g/mol. The van der Waals surface area contributed by atoms with Gasteiger partial charge in [0, 0.05) is 12.2 Å². The maximum atomic E-state index is 11.7. The average Bonchev–Trinajstić information content (AvgIpc) is 2.74. The fourth-order valence-corrected chi connectivity index (χ4v) is 1.67. The summed E-state index contributed by atoms with van der Waals surface area (Å²) in [4.78, 5) is 11.7. The molecule has 5 heteroatoms. The molecule has 2 rings (SSSR count). The van der Waals surface area contributed by atoms with Crippen LogP contribution in [0.4, 0.5) is 5.69 Å². The van der Waals surface area contributed by atoms with E-state index in [-0.39, 0.29) is 30.0 Å². The van der Waals surface area contributed by atoms with E-state index in [0.29, 0.717) is 0 Å². The third-order valence-electron chi connectivity index (χ3n) is 2.57. The topological polar surface area (TPSA) is 61.4 Å². The Labute approximate surface area is 100 Å². The number of carbonyl (C=O) groups excluding carboxylic acids is 1. The van der Waals surface area contributed by atoms with Crippen molar-refractivity contribution in [3.8, 4) is 5.75 Å². The summed E-state index contributed by atoms with van der Waals surface area (Å²) in [6, 6.07) is 6.50. The van der Waals surface area contributed by atoms with E-state index in [1.54, 1.807) is 24.3 Å².